The van der Waals surface area contributed by atoms with Gasteiger partial charge in [0.15, 0.2) is 5.75 Å². The lowest BCUT2D eigenvalue weighted by Gasteiger charge is -1.97. The molecule has 0 aliphatic rings. The van der Waals surface area contributed by atoms with E-state index in [1.807, 2.05) is 0 Å². The second-order valence-corrected chi connectivity index (χ2v) is 3.69. The molecule has 0 saturated carbocycles. The molecule has 0 radical (unpaired) electrons. The topological polar surface area (TPSA) is 70.0 Å². The predicted octanol–water partition coefficient (Wildman–Crippen LogP) is -0.332. The van der Waals surface area contributed by atoms with Crippen molar-refractivity contribution in [1.82, 2.24) is 4.72 Å². The van der Waals surface area contributed by atoms with Crippen LogP contribution in [0.2, 0.25) is 0 Å². The molecule has 0 unspecified atom stereocenters. The monoisotopic (exact) mass is 182 g/mol. The fourth-order valence-corrected chi connectivity index (χ4v) is 1.22. The number of alkyl halides is 1. The molecule has 0 heterocycles. The van der Waals surface area contributed by atoms with E-state index in [-0.39, 0.29) is 12.4 Å². The maximum absolute atomic E-state index is 10.6. The minimum absolute atomic E-state index is 0.172. The van der Waals surface area contributed by atoms with Crippen LogP contribution in [-0.2, 0) is 10.0 Å². The fraction of sp³-hybridized carbons (Fsp3) is 0.750. The normalized spacial score (nSPS) is 10.8. The Morgan fingerprint density at radius 1 is 1.60 bits per heavy atom. The molecule has 0 saturated heterocycles. The van der Waals surface area contributed by atoms with Gasteiger partial charge < -0.3 is 0 Å². The zero-order chi connectivity index (χ0) is 8.04. The Morgan fingerprint density at radius 2 is 2.20 bits per heavy atom. The second-order valence-electron chi connectivity index (χ2n) is 1.50. The summed E-state index contributed by atoms with van der Waals surface area (Å²) in [6.45, 7) is 0.172. The Labute approximate surface area is 64.8 Å². The first-order valence-electron chi connectivity index (χ1n) is 2.52. The van der Waals surface area contributed by atoms with Gasteiger partial charge in [0.05, 0.1) is 6.07 Å². The molecule has 0 rings (SSSR count). The maximum Gasteiger partial charge on any atom is 0.225 e. The third-order valence-corrected chi connectivity index (χ3v) is 2.01. The Balaban J connectivity index is 3.80. The van der Waals surface area contributed by atoms with Gasteiger partial charge in [-0.2, -0.15) is 5.26 Å². The molecule has 4 nitrogen and oxygen atoms in total. The number of rotatable bonds is 4. The summed E-state index contributed by atoms with van der Waals surface area (Å²) in [7, 11) is -3.39. The van der Waals surface area contributed by atoms with E-state index < -0.39 is 15.8 Å². The molecule has 0 fully saturated rings. The van der Waals surface area contributed by atoms with Crippen LogP contribution < -0.4 is 4.72 Å². The highest BCUT2D eigenvalue weighted by atomic mass is 35.5. The molecule has 58 valence electrons. The van der Waals surface area contributed by atoms with E-state index in [1.54, 1.807) is 0 Å². The van der Waals surface area contributed by atoms with Crippen molar-refractivity contribution >= 4 is 21.6 Å². The van der Waals surface area contributed by atoms with Gasteiger partial charge in [-0.25, -0.2) is 13.1 Å². The first-order chi connectivity index (χ1) is 4.62. The molecule has 0 bridgehead atoms. The minimum atomic E-state index is -3.39. The molecule has 0 amide bonds. The highest BCUT2D eigenvalue weighted by molar-refractivity contribution is 7.89. The summed E-state index contributed by atoms with van der Waals surface area (Å²) in [5.41, 5.74) is 0. The average Bonchev–Trinajstić information content (AvgIpc) is 1.84. The molecule has 0 aromatic heterocycles. The molecule has 6 heteroatoms. The molecule has 0 aromatic carbocycles. The number of hydrogen-bond donors (Lipinski definition) is 1. The van der Waals surface area contributed by atoms with Gasteiger partial charge in [-0.3, -0.25) is 0 Å². The molecular weight excluding hydrogens is 176 g/mol. The quantitative estimate of drug-likeness (QED) is 0.606. The zero-order valence-corrected chi connectivity index (χ0v) is 6.74. The summed E-state index contributed by atoms with van der Waals surface area (Å²) >= 11 is 5.20. The predicted molar refractivity (Wildman–Crippen MR) is 38.1 cm³/mol. The van der Waals surface area contributed by atoms with Crippen molar-refractivity contribution in [3.8, 4) is 6.07 Å². The fourth-order valence-electron chi connectivity index (χ4n) is 0.330. The van der Waals surface area contributed by atoms with Crippen LogP contribution in [0.25, 0.3) is 0 Å². The lowest BCUT2D eigenvalue weighted by Crippen LogP contribution is -2.27. The minimum Gasteiger partial charge on any atom is -0.213 e. The lowest BCUT2D eigenvalue weighted by molar-refractivity contribution is 0.587. The van der Waals surface area contributed by atoms with Crippen molar-refractivity contribution in [2.45, 2.75) is 0 Å². The van der Waals surface area contributed by atoms with Crippen LogP contribution in [0.15, 0.2) is 0 Å². The SMILES string of the molecule is N#CCS(=O)(=O)NCCCl. The molecular formula is C4H7ClN2O2S. The van der Waals surface area contributed by atoms with Crippen LogP contribution >= 0.6 is 11.6 Å². The van der Waals surface area contributed by atoms with Gasteiger partial charge in [0.1, 0.15) is 0 Å². The van der Waals surface area contributed by atoms with Gasteiger partial charge >= 0.3 is 0 Å². The largest absolute Gasteiger partial charge is 0.225 e. The summed E-state index contributed by atoms with van der Waals surface area (Å²) in [5, 5.41) is 8.00. The Hall–Kier alpha value is -0.310. The van der Waals surface area contributed by atoms with E-state index in [0.717, 1.165) is 0 Å². The maximum atomic E-state index is 10.6. The number of nitrogens with one attached hydrogen (secondary N) is 1. The third kappa shape index (κ3) is 4.56. The Morgan fingerprint density at radius 3 is 2.60 bits per heavy atom. The van der Waals surface area contributed by atoms with E-state index in [1.165, 1.54) is 6.07 Å². The van der Waals surface area contributed by atoms with Gasteiger partial charge in [0, 0.05) is 12.4 Å². The average molecular weight is 183 g/mol. The highest BCUT2D eigenvalue weighted by Gasteiger charge is 2.06. The molecule has 10 heavy (non-hydrogen) atoms. The summed E-state index contributed by atoms with van der Waals surface area (Å²) in [6.07, 6.45) is 0. The van der Waals surface area contributed by atoms with Gasteiger partial charge in [-0.15, -0.1) is 11.6 Å². The van der Waals surface area contributed by atoms with Crippen LogP contribution in [-0.4, -0.2) is 26.6 Å². The van der Waals surface area contributed by atoms with E-state index in [2.05, 4.69) is 4.72 Å². The van der Waals surface area contributed by atoms with Crippen molar-refractivity contribution in [1.29, 1.82) is 5.26 Å². The van der Waals surface area contributed by atoms with Crippen molar-refractivity contribution < 1.29 is 8.42 Å². The van der Waals surface area contributed by atoms with Crippen LogP contribution in [0.5, 0.6) is 0 Å². The number of sulfonamides is 1. The second kappa shape index (κ2) is 4.50. The van der Waals surface area contributed by atoms with Crippen LogP contribution in [0.1, 0.15) is 0 Å². The van der Waals surface area contributed by atoms with Gasteiger partial charge in [0.2, 0.25) is 10.0 Å². The smallest absolute Gasteiger partial charge is 0.213 e. The summed E-state index contributed by atoms with van der Waals surface area (Å²) < 4.78 is 23.3. The standard InChI is InChI=1S/C4H7ClN2O2S/c5-1-3-7-10(8,9)4-2-6/h7H,1,3-4H2. The Bertz CT molecular complexity index is 218. The number of halogens is 1. The highest BCUT2D eigenvalue weighted by Crippen LogP contribution is 1.81. The Kier molecular flexibility index (Phi) is 4.36. The van der Waals surface area contributed by atoms with E-state index in [9.17, 15) is 8.42 Å². The van der Waals surface area contributed by atoms with Gasteiger partial charge in [-0.1, -0.05) is 0 Å². The number of nitriles is 1. The van der Waals surface area contributed by atoms with Crippen LogP contribution in [0.3, 0.4) is 0 Å². The van der Waals surface area contributed by atoms with Crippen molar-refractivity contribution in [2.24, 2.45) is 0 Å². The van der Waals surface area contributed by atoms with Crippen molar-refractivity contribution in [2.75, 3.05) is 18.2 Å². The molecule has 0 aliphatic carbocycles. The summed E-state index contributed by atoms with van der Waals surface area (Å²) in [4.78, 5) is 0. The first-order valence-corrected chi connectivity index (χ1v) is 4.71. The van der Waals surface area contributed by atoms with E-state index in [4.69, 9.17) is 16.9 Å². The van der Waals surface area contributed by atoms with E-state index in [0.29, 0.717) is 0 Å². The molecule has 0 aliphatic heterocycles. The number of hydrogen-bond acceptors (Lipinski definition) is 3. The van der Waals surface area contributed by atoms with Crippen LogP contribution in [0.4, 0.5) is 0 Å². The van der Waals surface area contributed by atoms with E-state index >= 15 is 0 Å². The molecule has 1 N–H and O–H groups in total. The molecule has 0 spiro atoms. The zero-order valence-electron chi connectivity index (χ0n) is 5.17. The number of nitrogens with zero attached hydrogens (tertiary/aromatic N) is 1. The van der Waals surface area contributed by atoms with Crippen molar-refractivity contribution in [3.05, 3.63) is 0 Å². The first kappa shape index (κ1) is 9.69. The van der Waals surface area contributed by atoms with Crippen molar-refractivity contribution in [3.63, 3.8) is 0 Å². The lowest BCUT2D eigenvalue weighted by atomic mass is 10.8. The molecule has 0 atom stereocenters. The van der Waals surface area contributed by atoms with Crippen LogP contribution in [0, 0.1) is 11.3 Å². The molecule has 0 aromatic rings. The van der Waals surface area contributed by atoms with Gasteiger partial charge in [-0.05, 0) is 0 Å². The third-order valence-electron chi connectivity index (χ3n) is 0.671. The van der Waals surface area contributed by atoms with Gasteiger partial charge in [0.25, 0.3) is 0 Å². The summed E-state index contributed by atoms with van der Waals surface area (Å²) in [5.74, 6) is -0.297. The summed E-state index contributed by atoms with van der Waals surface area (Å²) in [6, 6.07) is 1.52.